The molecule has 0 aliphatic carbocycles. The molecule has 2 amide bonds. The van der Waals surface area contributed by atoms with Crippen LogP contribution in [0.15, 0.2) is 16.5 Å². The summed E-state index contributed by atoms with van der Waals surface area (Å²) in [6.07, 6.45) is 1.03. The molecule has 2 saturated heterocycles. The van der Waals surface area contributed by atoms with Crippen LogP contribution in [-0.4, -0.2) is 56.1 Å². The normalized spacial score (nSPS) is 23.5. The van der Waals surface area contributed by atoms with Gasteiger partial charge in [-0.2, -0.15) is 0 Å². The molecule has 1 aromatic heterocycles. The Labute approximate surface area is 141 Å². The first-order valence-electron chi connectivity index (χ1n) is 8.56. The summed E-state index contributed by atoms with van der Waals surface area (Å²) >= 11 is 0. The van der Waals surface area contributed by atoms with E-state index in [1.165, 1.54) is 0 Å². The van der Waals surface area contributed by atoms with Gasteiger partial charge in [0.25, 0.3) is 0 Å². The van der Waals surface area contributed by atoms with E-state index in [0.29, 0.717) is 39.1 Å². The Morgan fingerprint density at radius 2 is 2.21 bits per heavy atom. The van der Waals surface area contributed by atoms with Crippen LogP contribution in [0.25, 0.3) is 0 Å². The van der Waals surface area contributed by atoms with Crippen molar-refractivity contribution in [1.29, 1.82) is 0 Å². The van der Waals surface area contributed by atoms with Crippen LogP contribution in [0, 0.1) is 12.8 Å². The molecule has 3 rings (SSSR count). The molecule has 0 bridgehead atoms. The Morgan fingerprint density at radius 3 is 2.83 bits per heavy atom. The van der Waals surface area contributed by atoms with E-state index in [9.17, 15) is 9.59 Å². The zero-order chi connectivity index (χ0) is 16.9. The molecule has 2 atom stereocenters. The second-order valence-electron chi connectivity index (χ2n) is 6.40. The van der Waals surface area contributed by atoms with Crippen LogP contribution < -0.4 is 10.6 Å². The van der Waals surface area contributed by atoms with Gasteiger partial charge in [0.2, 0.25) is 11.8 Å². The lowest BCUT2D eigenvalue weighted by molar-refractivity contribution is -0.129. The molecular weight excluding hydrogens is 310 g/mol. The molecule has 0 saturated carbocycles. The summed E-state index contributed by atoms with van der Waals surface area (Å²) in [4.78, 5) is 25.9. The van der Waals surface area contributed by atoms with Crippen molar-refractivity contribution in [3.8, 4) is 0 Å². The van der Waals surface area contributed by atoms with Gasteiger partial charge in [0, 0.05) is 32.6 Å². The molecule has 2 fully saturated rings. The molecule has 24 heavy (non-hydrogen) atoms. The lowest BCUT2D eigenvalue weighted by atomic mass is 9.98. The Bertz CT molecular complexity index is 570. The largest absolute Gasteiger partial charge is 0.465 e. The van der Waals surface area contributed by atoms with Crippen molar-refractivity contribution in [3.05, 3.63) is 23.7 Å². The zero-order valence-corrected chi connectivity index (χ0v) is 14.0. The van der Waals surface area contributed by atoms with Crippen molar-refractivity contribution in [2.45, 2.75) is 25.8 Å². The number of ether oxygens (including phenoxy) is 1. The number of nitrogens with one attached hydrogen (secondary N) is 2. The van der Waals surface area contributed by atoms with E-state index < -0.39 is 0 Å². The predicted molar refractivity (Wildman–Crippen MR) is 87.3 cm³/mol. The number of carbonyl (C=O) groups is 2. The third kappa shape index (κ3) is 4.15. The molecular formula is C17H25N3O4. The minimum atomic E-state index is -0.147. The van der Waals surface area contributed by atoms with Crippen LogP contribution in [0.5, 0.6) is 0 Å². The Kier molecular flexibility index (Phi) is 5.52. The van der Waals surface area contributed by atoms with Gasteiger partial charge >= 0.3 is 0 Å². The lowest BCUT2D eigenvalue weighted by Crippen LogP contribution is -2.47. The van der Waals surface area contributed by atoms with Gasteiger partial charge < -0.3 is 19.8 Å². The van der Waals surface area contributed by atoms with Crippen molar-refractivity contribution < 1.29 is 18.7 Å². The monoisotopic (exact) mass is 335 g/mol. The van der Waals surface area contributed by atoms with E-state index in [0.717, 1.165) is 24.6 Å². The molecule has 2 N–H and O–H groups in total. The maximum absolute atomic E-state index is 12.4. The van der Waals surface area contributed by atoms with Gasteiger partial charge in [0.15, 0.2) is 0 Å². The van der Waals surface area contributed by atoms with Crippen molar-refractivity contribution in [2.75, 3.05) is 39.4 Å². The van der Waals surface area contributed by atoms with Crippen LogP contribution >= 0.6 is 0 Å². The number of piperidine rings is 1. The minimum absolute atomic E-state index is 0.00321. The van der Waals surface area contributed by atoms with E-state index in [-0.39, 0.29) is 23.8 Å². The van der Waals surface area contributed by atoms with Crippen LogP contribution in [-0.2, 0) is 14.3 Å². The molecule has 132 valence electrons. The molecule has 7 heteroatoms. The number of nitrogens with zero attached hydrogens (tertiary/aromatic N) is 1. The first kappa shape index (κ1) is 17.0. The highest BCUT2D eigenvalue weighted by Crippen LogP contribution is 2.23. The Hall–Kier alpha value is -1.86. The standard InChI is InChI=1S/C17H25N3O4/c1-12-2-4-15(24-12)14(20-6-8-23-9-7-20)11-19-17(22)13-3-5-16(21)18-10-13/h2,4,13-14H,3,5-11H2,1H3,(H,18,21)(H,19,22)/t13-,14-/m1/s1. The fourth-order valence-electron chi connectivity index (χ4n) is 3.23. The number of hydrogen-bond acceptors (Lipinski definition) is 5. The summed E-state index contributed by atoms with van der Waals surface area (Å²) in [6, 6.07) is 3.92. The lowest BCUT2D eigenvalue weighted by Gasteiger charge is -2.33. The maximum Gasteiger partial charge on any atom is 0.224 e. The summed E-state index contributed by atoms with van der Waals surface area (Å²) in [5.41, 5.74) is 0. The fraction of sp³-hybridized carbons (Fsp3) is 0.647. The van der Waals surface area contributed by atoms with Crippen molar-refractivity contribution in [1.82, 2.24) is 15.5 Å². The van der Waals surface area contributed by atoms with Crippen LogP contribution in [0.2, 0.25) is 0 Å². The van der Waals surface area contributed by atoms with Gasteiger partial charge in [-0.05, 0) is 25.5 Å². The van der Waals surface area contributed by atoms with Gasteiger partial charge in [-0.1, -0.05) is 0 Å². The fourth-order valence-corrected chi connectivity index (χ4v) is 3.23. The molecule has 0 radical (unpaired) electrons. The van der Waals surface area contributed by atoms with Gasteiger partial charge in [-0.25, -0.2) is 0 Å². The van der Waals surface area contributed by atoms with Crippen molar-refractivity contribution in [2.24, 2.45) is 5.92 Å². The quantitative estimate of drug-likeness (QED) is 0.823. The smallest absolute Gasteiger partial charge is 0.224 e. The average Bonchev–Trinajstić information content (AvgIpc) is 3.02. The van der Waals surface area contributed by atoms with E-state index in [4.69, 9.17) is 9.15 Å². The van der Waals surface area contributed by atoms with Crippen molar-refractivity contribution >= 4 is 11.8 Å². The van der Waals surface area contributed by atoms with E-state index in [1.54, 1.807) is 0 Å². The number of amides is 2. The SMILES string of the molecule is Cc1ccc([C@@H](CNC(=O)[C@@H]2CCC(=O)NC2)N2CCOCC2)o1. The topological polar surface area (TPSA) is 83.8 Å². The summed E-state index contributed by atoms with van der Waals surface area (Å²) in [5, 5.41) is 5.79. The highest BCUT2D eigenvalue weighted by Gasteiger charge is 2.28. The summed E-state index contributed by atoms with van der Waals surface area (Å²) < 4.78 is 11.2. The summed E-state index contributed by atoms with van der Waals surface area (Å²) in [5.74, 6) is 1.61. The molecule has 2 aliphatic heterocycles. The Balaban J connectivity index is 1.61. The number of hydrogen-bond donors (Lipinski definition) is 2. The number of morpholine rings is 1. The summed E-state index contributed by atoms with van der Waals surface area (Å²) in [7, 11) is 0. The second-order valence-corrected chi connectivity index (χ2v) is 6.40. The first-order chi connectivity index (χ1) is 11.6. The molecule has 7 nitrogen and oxygen atoms in total. The number of carbonyl (C=O) groups excluding carboxylic acids is 2. The van der Waals surface area contributed by atoms with Gasteiger partial charge in [0.05, 0.1) is 25.2 Å². The number of aryl methyl sites for hydroxylation is 1. The summed E-state index contributed by atoms with van der Waals surface area (Å²) in [6.45, 7) is 5.86. The average molecular weight is 335 g/mol. The zero-order valence-electron chi connectivity index (χ0n) is 14.0. The molecule has 3 heterocycles. The van der Waals surface area contributed by atoms with Gasteiger partial charge in [-0.15, -0.1) is 0 Å². The predicted octanol–water partition coefficient (Wildman–Crippen LogP) is 0.604. The van der Waals surface area contributed by atoms with Crippen LogP contribution in [0.1, 0.15) is 30.4 Å². The third-order valence-electron chi connectivity index (χ3n) is 4.68. The minimum Gasteiger partial charge on any atom is -0.465 e. The highest BCUT2D eigenvalue weighted by atomic mass is 16.5. The molecule has 0 spiro atoms. The molecule has 0 aromatic carbocycles. The third-order valence-corrected chi connectivity index (χ3v) is 4.68. The second kappa shape index (κ2) is 7.81. The van der Waals surface area contributed by atoms with E-state index >= 15 is 0 Å². The molecule has 0 unspecified atom stereocenters. The molecule has 2 aliphatic rings. The van der Waals surface area contributed by atoms with E-state index in [1.807, 2.05) is 19.1 Å². The van der Waals surface area contributed by atoms with Gasteiger partial charge in [-0.3, -0.25) is 14.5 Å². The van der Waals surface area contributed by atoms with Crippen LogP contribution in [0.4, 0.5) is 0 Å². The first-order valence-corrected chi connectivity index (χ1v) is 8.56. The van der Waals surface area contributed by atoms with E-state index in [2.05, 4.69) is 15.5 Å². The molecule has 1 aromatic rings. The van der Waals surface area contributed by atoms with Gasteiger partial charge in [0.1, 0.15) is 11.5 Å². The highest BCUT2D eigenvalue weighted by molar-refractivity contribution is 5.83. The van der Waals surface area contributed by atoms with Crippen LogP contribution in [0.3, 0.4) is 0 Å². The number of furan rings is 1. The Morgan fingerprint density at radius 1 is 1.42 bits per heavy atom. The van der Waals surface area contributed by atoms with Crippen molar-refractivity contribution in [3.63, 3.8) is 0 Å². The maximum atomic E-state index is 12.4. The number of rotatable bonds is 5.